The summed E-state index contributed by atoms with van der Waals surface area (Å²) in [6, 6.07) is 31.4. The molecular formula is C32H26N2O5. The van der Waals surface area contributed by atoms with Crippen LogP contribution in [0.4, 0.5) is 0 Å². The van der Waals surface area contributed by atoms with Crippen LogP contribution >= 0.6 is 0 Å². The smallest absolute Gasteiger partial charge is 0.343 e. The van der Waals surface area contributed by atoms with Crippen molar-refractivity contribution in [1.29, 1.82) is 0 Å². The van der Waals surface area contributed by atoms with Crippen LogP contribution in [0.5, 0.6) is 17.2 Å². The van der Waals surface area contributed by atoms with Gasteiger partial charge in [-0.2, -0.15) is 5.10 Å². The monoisotopic (exact) mass is 518 g/mol. The van der Waals surface area contributed by atoms with Crippen LogP contribution in [0.3, 0.4) is 0 Å². The van der Waals surface area contributed by atoms with Crippen LogP contribution in [0, 0.1) is 0 Å². The van der Waals surface area contributed by atoms with Crippen LogP contribution in [0.2, 0.25) is 0 Å². The van der Waals surface area contributed by atoms with E-state index in [4.69, 9.17) is 14.2 Å². The van der Waals surface area contributed by atoms with E-state index in [1.165, 1.54) is 6.21 Å². The van der Waals surface area contributed by atoms with Gasteiger partial charge in [0.05, 0.1) is 18.9 Å². The zero-order valence-electron chi connectivity index (χ0n) is 21.5. The first-order valence-electron chi connectivity index (χ1n) is 12.4. The molecule has 0 bridgehead atoms. The van der Waals surface area contributed by atoms with E-state index in [-0.39, 0.29) is 0 Å². The fraction of sp³-hybridized carbons (Fsp3) is 0.0938. The lowest BCUT2D eigenvalue weighted by atomic mass is 10.0. The molecule has 7 heteroatoms. The molecule has 7 nitrogen and oxygen atoms in total. The van der Waals surface area contributed by atoms with Gasteiger partial charge in [-0.05, 0) is 59.5 Å². The lowest BCUT2D eigenvalue weighted by Crippen LogP contribution is -2.33. The first-order valence-corrected chi connectivity index (χ1v) is 12.4. The molecule has 0 saturated heterocycles. The molecule has 0 aliphatic carbocycles. The van der Waals surface area contributed by atoms with Gasteiger partial charge in [0.2, 0.25) is 0 Å². The zero-order chi connectivity index (χ0) is 27.2. The number of carbonyl (C=O) groups is 2. The molecule has 5 aromatic rings. The first kappa shape index (κ1) is 25.5. The van der Waals surface area contributed by atoms with Crippen molar-refractivity contribution in [1.82, 2.24) is 5.43 Å². The summed E-state index contributed by atoms with van der Waals surface area (Å²) in [5, 5.41) is 7.86. The maximum absolute atomic E-state index is 12.8. The van der Waals surface area contributed by atoms with Gasteiger partial charge in [-0.1, -0.05) is 66.7 Å². The van der Waals surface area contributed by atoms with Gasteiger partial charge in [0.25, 0.3) is 5.91 Å². The van der Waals surface area contributed by atoms with Crippen LogP contribution in [0.25, 0.3) is 21.5 Å². The molecule has 0 radical (unpaired) electrons. The third-order valence-electron chi connectivity index (χ3n) is 6.25. The summed E-state index contributed by atoms with van der Waals surface area (Å²) in [7, 11) is 1.56. The minimum atomic E-state index is -0.798. The van der Waals surface area contributed by atoms with E-state index in [0.29, 0.717) is 28.4 Å². The van der Waals surface area contributed by atoms with Crippen molar-refractivity contribution in [3.63, 3.8) is 0 Å². The van der Waals surface area contributed by atoms with Gasteiger partial charge < -0.3 is 14.2 Å². The Kier molecular flexibility index (Phi) is 7.50. The lowest BCUT2D eigenvalue weighted by molar-refractivity contribution is -0.127. The fourth-order valence-corrected chi connectivity index (χ4v) is 4.18. The van der Waals surface area contributed by atoms with Crippen LogP contribution in [-0.2, 0) is 4.79 Å². The number of methoxy groups -OCH3 is 1. The highest BCUT2D eigenvalue weighted by atomic mass is 16.5. The number of hydrogen-bond donors (Lipinski definition) is 1. The van der Waals surface area contributed by atoms with Crippen molar-refractivity contribution in [3.8, 4) is 17.2 Å². The molecule has 0 heterocycles. The first-order chi connectivity index (χ1) is 19.0. The third kappa shape index (κ3) is 5.72. The largest absolute Gasteiger partial charge is 0.497 e. The molecule has 39 heavy (non-hydrogen) atoms. The van der Waals surface area contributed by atoms with E-state index in [2.05, 4.69) is 10.5 Å². The summed E-state index contributed by atoms with van der Waals surface area (Å²) in [6.07, 6.45) is 0.675. The van der Waals surface area contributed by atoms with Gasteiger partial charge in [-0.3, -0.25) is 4.79 Å². The van der Waals surface area contributed by atoms with Crippen molar-refractivity contribution in [2.75, 3.05) is 7.11 Å². The van der Waals surface area contributed by atoms with Gasteiger partial charge in [0.15, 0.2) is 6.10 Å². The Morgan fingerprint density at radius 1 is 0.769 bits per heavy atom. The van der Waals surface area contributed by atoms with Gasteiger partial charge >= 0.3 is 5.97 Å². The Labute approximate surface area is 225 Å². The molecule has 1 atom stereocenters. The Bertz CT molecular complexity index is 1670. The second-order valence-corrected chi connectivity index (χ2v) is 8.79. The van der Waals surface area contributed by atoms with E-state index < -0.39 is 18.0 Å². The third-order valence-corrected chi connectivity index (χ3v) is 6.25. The van der Waals surface area contributed by atoms with E-state index in [9.17, 15) is 9.59 Å². The minimum absolute atomic E-state index is 0.313. The van der Waals surface area contributed by atoms with E-state index in [1.807, 2.05) is 72.8 Å². The molecule has 194 valence electrons. The standard InChI is InChI=1S/C32H26N2O5/c1-21(38-29-13-7-10-22-8-4-6-12-27(22)29)31(35)34-33-20-28-26-11-5-3-9-23(26)16-19-30(28)39-32(36)24-14-17-25(37-2)18-15-24/h3-21H,1-2H3,(H,34,35)/b33-20-/t21-/m0/s1. The summed E-state index contributed by atoms with van der Waals surface area (Å²) in [4.78, 5) is 25.6. The number of hydrazone groups is 1. The second-order valence-electron chi connectivity index (χ2n) is 8.79. The minimum Gasteiger partial charge on any atom is -0.497 e. The van der Waals surface area contributed by atoms with Gasteiger partial charge in [-0.25, -0.2) is 10.2 Å². The molecule has 1 amide bonds. The van der Waals surface area contributed by atoms with Gasteiger partial charge in [0, 0.05) is 10.9 Å². The van der Waals surface area contributed by atoms with E-state index >= 15 is 0 Å². The maximum Gasteiger partial charge on any atom is 0.343 e. The lowest BCUT2D eigenvalue weighted by Gasteiger charge is -2.15. The summed E-state index contributed by atoms with van der Waals surface area (Å²) >= 11 is 0. The number of nitrogens with one attached hydrogen (secondary N) is 1. The van der Waals surface area contributed by atoms with Gasteiger partial charge in [-0.15, -0.1) is 0 Å². The zero-order valence-corrected chi connectivity index (χ0v) is 21.5. The number of nitrogens with zero attached hydrogens (tertiary/aromatic N) is 1. The summed E-state index contributed by atoms with van der Waals surface area (Å²) in [5.41, 5.74) is 3.47. The van der Waals surface area contributed by atoms with Crippen molar-refractivity contribution >= 4 is 39.6 Å². The second kappa shape index (κ2) is 11.5. The van der Waals surface area contributed by atoms with Crippen LogP contribution in [0.15, 0.2) is 108 Å². The number of benzene rings is 5. The van der Waals surface area contributed by atoms with Crippen LogP contribution in [0.1, 0.15) is 22.8 Å². The normalized spacial score (nSPS) is 11.8. The highest BCUT2D eigenvalue weighted by molar-refractivity contribution is 6.04. The number of esters is 1. The molecule has 0 unspecified atom stereocenters. The predicted molar refractivity (Wildman–Crippen MR) is 152 cm³/mol. The molecule has 0 fully saturated rings. The molecule has 5 aromatic carbocycles. The summed E-state index contributed by atoms with van der Waals surface area (Å²) in [5.74, 6) is 0.619. The number of rotatable bonds is 8. The Hall–Kier alpha value is -5.17. The summed E-state index contributed by atoms with van der Waals surface area (Å²) in [6.45, 7) is 1.66. The number of hydrogen-bond acceptors (Lipinski definition) is 6. The molecule has 0 saturated carbocycles. The summed E-state index contributed by atoms with van der Waals surface area (Å²) < 4.78 is 16.8. The highest BCUT2D eigenvalue weighted by Crippen LogP contribution is 2.28. The maximum atomic E-state index is 12.8. The number of ether oxygens (including phenoxy) is 3. The van der Waals surface area contributed by atoms with Crippen molar-refractivity contribution < 1.29 is 23.8 Å². The van der Waals surface area contributed by atoms with Crippen molar-refractivity contribution in [2.24, 2.45) is 5.10 Å². The Balaban J connectivity index is 1.34. The molecule has 0 spiro atoms. The molecule has 0 aliphatic rings. The number of amides is 1. The molecule has 1 N–H and O–H groups in total. The highest BCUT2D eigenvalue weighted by Gasteiger charge is 2.17. The SMILES string of the molecule is COc1ccc(C(=O)Oc2ccc3ccccc3c2/C=N\NC(=O)[C@H](C)Oc2cccc3ccccc23)cc1. The fourth-order valence-electron chi connectivity index (χ4n) is 4.18. The molecular weight excluding hydrogens is 492 g/mol. The molecule has 0 aliphatic heterocycles. The van der Waals surface area contributed by atoms with E-state index in [1.54, 1.807) is 44.4 Å². The van der Waals surface area contributed by atoms with Crippen LogP contribution < -0.4 is 19.6 Å². The quantitative estimate of drug-likeness (QED) is 0.115. The average Bonchev–Trinajstić information content (AvgIpc) is 2.98. The van der Waals surface area contributed by atoms with Crippen molar-refractivity contribution in [3.05, 3.63) is 114 Å². The average molecular weight is 519 g/mol. The number of carbonyl (C=O) groups excluding carboxylic acids is 2. The molecule has 0 aromatic heterocycles. The Morgan fingerprint density at radius 3 is 2.18 bits per heavy atom. The Morgan fingerprint density at radius 2 is 1.44 bits per heavy atom. The topological polar surface area (TPSA) is 86.2 Å². The molecule has 5 rings (SSSR count). The number of fused-ring (bicyclic) bond motifs is 2. The van der Waals surface area contributed by atoms with Crippen LogP contribution in [-0.4, -0.2) is 31.3 Å². The van der Waals surface area contributed by atoms with Crippen molar-refractivity contribution in [2.45, 2.75) is 13.0 Å². The predicted octanol–water partition coefficient (Wildman–Crippen LogP) is 6.14. The van der Waals surface area contributed by atoms with Gasteiger partial charge in [0.1, 0.15) is 17.2 Å². The van der Waals surface area contributed by atoms with E-state index in [0.717, 1.165) is 21.5 Å².